The van der Waals surface area contributed by atoms with Crippen LogP contribution in [0.3, 0.4) is 0 Å². The van der Waals surface area contributed by atoms with E-state index in [4.69, 9.17) is 4.74 Å². The lowest BCUT2D eigenvalue weighted by molar-refractivity contribution is 0.289. The smallest absolute Gasteiger partial charge is 0.122 e. The van der Waals surface area contributed by atoms with Gasteiger partial charge >= 0.3 is 0 Å². The summed E-state index contributed by atoms with van der Waals surface area (Å²) in [7, 11) is 0. The second-order valence-corrected chi connectivity index (χ2v) is 4.06. The summed E-state index contributed by atoms with van der Waals surface area (Å²) in [5, 5.41) is 3.38. The number of nitrogens with one attached hydrogen (secondary N) is 1. The minimum atomic E-state index is 0.527. The fourth-order valence-corrected chi connectivity index (χ4v) is 1.73. The van der Waals surface area contributed by atoms with Crippen LogP contribution in [0.1, 0.15) is 32.8 Å². The van der Waals surface area contributed by atoms with Crippen LogP contribution in [0.4, 0.5) is 0 Å². The van der Waals surface area contributed by atoms with E-state index in [1.165, 1.54) is 5.56 Å². The fraction of sp³-hybridized carbons (Fsp3) is 0.571. The molecule has 0 aliphatic carbocycles. The Morgan fingerprint density at radius 1 is 1.25 bits per heavy atom. The molecular formula is C14H23NO. The van der Waals surface area contributed by atoms with Crippen LogP contribution in [0.2, 0.25) is 0 Å². The third-order valence-corrected chi connectivity index (χ3v) is 2.71. The molecule has 1 aromatic carbocycles. The third kappa shape index (κ3) is 4.23. The Morgan fingerprint density at radius 2 is 2.00 bits per heavy atom. The molecule has 0 saturated carbocycles. The summed E-state index contributed by atoms with van der Waals surface area (Å²) >= 11 is 0. The number of rotatable bonds is 7. The molecule has 0 fully saturated rings. The highest BCUT2D eigenvalue weighted by atomic mass is 16.5. The van der Waals surface area contributed by atoms with Crippen molar-refractivity contribution in [1.82, 2.24) is 5.32 Å². The first kappa shape index (κ1) is 13.0. The second-order valence-electron chi connectivity index (χ2n) is 4.06. The van der Waals surface area contributed by atoms with E-state index in [2.05, 4.69) is 44.3 Å². The number of hydrogen-bond acceptors (Lipinski definition) is 2. The first-order valence-corrected chi connectivity index (χ1v) is 6.22. The zero-order valence-corrected chi connectivity index (χ0v) is 10.6. The predicted octanol–water partition coefficient (Wildman–Crippen LogP) is 3.02. The Morgan fingerprint density at radius 3 is 2.69 bits per heavy atom. The van der Waals surface area contributed by atoms with Crippen LogP contribution >= 0.6 is 0 Å². The van der Waals surface area contributed by atoms with Crippen LogP contribution in [0.5, 0.6) is 5.75 Å². The molecule has 0 spiro atoms. The Bertz CT molecular complexity index is 299. The van der Waals surface area contributed by atoms with Gasteiger partial charge in [0, 0.05) is 6.04 Å². The van der Waals surface area contributed by atoms with Gasteiger partial charge in [-0.05, 0) is 37.9 Å². The van der Waals surface area contributed by atoms with E-state index in [9.17, 15) is 0 Å². The summed E-state index contributed by atoms with van der Waals surface area (Å²) in [6, 6.07) is 8.80. The Labute approximate surface area is 99.0 Å². The average Bonchev–Trinajstić information content (AvgIpc) is 2.30. The Kier molecular flexibility index (Phi) is 5.94. The molecule has 1 rings (SSSR count). The number of hydrogen-bond donors (Lipinski definition) is 1. The van der Waals surface area contributed by atoms with E-state index in [1.54, 1.807) is 0 Å². The van der Waals surface area contributed by atoms with Crippen molar-refractivity contribution in [3.8, 4) is 5.75 Å². The Balaban J connectivity index is 2.36. The largest absolute Gasteiger partial charge is 0.493 e. The highest BCUT2D eigenvalue weighted by Crippen LogP contribution is 2.18. The maximum absolute atomic E-state index is 5.81. The van der Waals surface area contributed by atoms with Crippen molar-refractivity contribution < 1.29 is 4.74 Å². The third-order valence-electron chi connectivity index (χ3n) is 2.71. The molecule has 0 bridgehead atoms. The van der Waals surface area contributed by atoms with Crippen molar-refractivity contribution in [2.24, 2.45) is 0 Å². The van der Waals surface area contributed by atoms with E-state index in [1.807, 2.05) is 6.07 Å². The highest BCUT2D eigenvalue weighted by molar-refractivity contribution is 5.33. The van der Waals surface area contributed by atoms with Crippen LogP contribution in [-0.2, 0) is 6.42 Å². The van der Waals surface area contributed by atoms with E-state index >= 15 is 0 Å². The molecule has 90 valence electrons. The van der Waals surface area contributed by atoms with Gasteiger partial charge in [0.25, 0.3) is 0 Å². The predicted molar refractivity (Wildman–Crippen MR) is 69.1 cm³/mol. The lowest BCUT2D eigenvalue weighted by Gasteiger charge is -2.14. The summed E-state index contributed by atoms with van der Waals surface area (Å²) in [4.78, 5) is 0. The van der Waals surface area contributed by atoms with E-state index in [0.29, 0.717) is 6.04 Å². The topological polar surface area (TPSA) is 21.3 Å². The van der Waals surface area contributed by atoms with Gasteiger partial charge in [0.1, 0.15) is 5.75 Å². The second kappa shape index (κ2) is 7.29. The minimum absolute atomic E-state index is 0.527. The summed E-state index contributed by atoms with van der Waals surface area (Å²) in [6.45, 7) is 8.28. The minimum Gasteiger partial charge on any atom is -0.493 e. The molecule has 1 atom stereocenters. The summed E-state index contributed by atoms with van der Waals surface area (Å²) in [6.07, 6.45) is 2.07. The van der Waals surface area contributed by atoms with Crippen LogP contribution in [0.25, 0.3) is 0 Å². The normalized spacial score (nSPS) is 12.4. The van der Waals surface area contributed by atoms with E-state index < -0.39 is 0 Å². The Hall–Kier alpha value is -1.02. The van der Waals surface area contributed by atoms with Gasteiger partial charge in [-0.1, -0.05) is 32.0 Å². The van der Waals surface area contributed by atoms with Crippen molar-refractivity contribution in [3.05, 3.63) is 29.8 Å². The zero-order valence-electron chi connectivity index (χ0n) is 10.6. The van der Waals surface area contributed by atoms with Gasteiger partial charge < -0.3 is 10.1 Å². The van der Waals surface area contributed by atoms with Crippen LogP contribution in [-0.4, -0.2) is 19.2 Å². The first-order valence-electron chi connectivity index (χ1n) is 6.22. The van der Waals surface area contributed by atoms with Gasteiger partial charge in [-0.2, -0.15) is 0 Å². The van der Waals surface area contributed by atoms with Gasteiger partial charge in [0.15, 0.2) is 0 Å². The number of para-hydroxylation sites is 1. The van der Waals surface area contributed by atoms with Crippen molar-refractivity contribution in [2.75, 3.05) is 13.2 Å². The molecule has 1 N–H and O–H groups in total. The van der Waals surface area contributed by atoms with Gasteiger partial charge in [-0.15, -0.1) is 0 Å². The molecule has 0 heterocycles. The van der Waals surface area contributed by atoms with Gasteiger partial charge in [0.05, 0.1) is 6.61 Å². The van der Waals surface area contributed by atoms with Crippen molar-refractivity contribution in [2.45, 2.75) is 39.7 Å². The molecule has 0 amide bonds. The van der Waals surface area contributed by atoms with E-state index in [-0.39, 0.29) is 0 Å². The van der Waals surface area contributed by atoms with E-state index in [0.717, 1.165) is 31.7 Å². The first-order chi connectivity index (χ1) is 7.77. The molecule has 0 radical (unpaired) electrons. The summed E-state index contributed by atoms with van der Waals surface area (Å²) in [5.41, 5.74) is 1.29. The van der Waals surface area contributed by atoms with Crippen molar-refractivity contribution in [1.29, 1.82) is 0 Å². The summed E-state index contributed by atoms with van der Waals surface area (Å²) < 4.78 is 5.81. The molecule has 1 unspecified atom stereocenters. The van der Waals surface area contributed by atoms with Crippen molar-refractivity contribution in [3.63, 3.8) is 0 Å². The zero-order chi connectivity index (χ0) is 11.8. The number of ether oxygens (including phenoxy) is 1. The molecule has 0 saturated heterocycles. The molecule has 2 heteroatoms. The lowest BCUT2D eigenvalue weighted by atomic mass is 10.1. The SMILES string of the molecule is CCNC(C)CCOc1ccccc1CC. The molecule has 2 nitrogen and oxygen atoms in total. The van der Waals surface area contributed by atoms with Crippen molar-refractivity contribution >= 4 is 0 Å². The molecular weight excluding hydrogens is 198 g/mol. The highest BCUT2D eigenvalue weighted by Gasteiger charge is 2.02. The monoisotopic (exact) mass is 221 g/mol. The number of aryl methyl sites for hydroxylation is 1. The average molecular weight is 221 g/mol. The molecule has 0 aromatic heterocycles. The van der Waals surface area contributed by atoms with Gasteiger partial charge in [0.2, 0.25) is 0 Å². The molecule has 0 aliphatic heterocycles. The number of benzene rings is 1. The van der Waals surface area contributed by atoms with Crippen LogP contribution in [0, 0.1) is 0 Å². The molecule has 1 aromatic rings. The molecule has 16 heavy (non-hydrogen) atoms. The van der Waals surface area contributed by atoms with Gasteiger partial charge in [-0.25, -0.2) is 0 Å². The summed E-state index contributed by atoms with van der Waals surface area (Å²) in [5.74, 6) is 1.04. The van der Waals surface area contributed by atoms with Crippen LogP contribution < -0.4 is 10.1 Å². The molecule has 0 aliphatic rings. The van der Waals surface area contributed by atoms with Gasteiger partial charge in [-0.3, -0.25) is 0 Å². The standard InChI is InChI=1S/C14H23NO/c1-4-13-8-6-7-9-14(13)16-11-10-12(3)15-5-2/h6-9,12,15H,4-5,10-11H2,1-3H3. The quantitative estimate of drug-likeness (QED) is 0.764. The maximum atomic E-state index is 5.81. The van der Waals surface area contributed by atoms with Crippen LogP contribution in [0.15, 0.2) is 24.3 Å². The fourth-order valence-electron chi connectivity index (χ4n) is 1.73. The maximum Gasteiger partial charge on any atom is 0.122 e. The lowest BCUT2D eigenvalue weighted by Crippen LogP contribution is -2.27.